The van der Waals surface area contributed by atoms with Crippen molar-refractivity contribution in [2.75, 3.05) is 13.2 Å². The fourth-order valence-electron chi connectivity index (χ4n) is 2.16. The van der Waals surface area contributed by atoms with Crippen LogP contribution in [-0.2, 0) is 9.53 Å². The monoisotopic (exact) mass is 243 g/mol. The summed E-state index contributed by atoms with van der Waals surface area (Å²) in [6, 6.07) is 0.467. The average Bonchev–Trinajstić information content (AvgIpc) is 2.24. The molecule has 100 valence electrons. The number of hydrogen-bond acceptors (Lipinski definition) is 3. The second-order valence-corrected chi connectivity index (χ2v) is 5.80. The summed E-state index contributed by atoms with van der Waals surface area (Å²) in [5, 5.41) is 12.3. The molecule has 0 aliphatic heterocycles. The van der Waals surface area contributed by atoms with E-state index in [-0.39, 0.29) is 11.5 Å². The zero-order valence-corrected chi connectivity index (χ0v) is 11.2. The molecular weight excluding hydrogens is 218 g/mol. The van der Waals surface area contributed by atoms with Crippen LogP contribution in [0.2, 0.25) is 0 Å². The molecule has 0 spiro atoms. The minimum Gasteiger partial charge on any atom is -0.481 e. The van der Waals surface area contributed by atoms with Crippen molar-refractivity contribution in [2.45, 2.75) is 58.1 Å². The average molecular weight is 243 g/mol. The first-order chi connectivity index (χ1) is 7.88. The molecule has 0 atom stereocenters. The van der Waals surface area contributed by atoms with Gasteiger partial charge in [-0.3, -0.25) is 4.79 Å². The van der Waals surface area contributed by atoms with Gasteiger partial charge in [-0.25, -0.2) is 0 Å². The molecule has 0 heterocycles. The molecule has 4 heteroatoms. The van der Waals surface area contributed by atoms with E-state index >= 15 is 0 Å². The summed E-state index contributed by atoms with van der Waals surface area (Å²) in [5.74, 6) is -0.765. The number of nitrogens with one attached hydrogen (secondary N) is 1. The molecule has 1 aliphatic rings. The Kier molecular flexibility index (Phi) is 5.40. The number of rotatable bonds is 5. The molecule has 0 aromatic heterocycles. The molecule has 0 radical (unpaired) electrons. The van der Waals surface area contributed by atoms with Gasteiger partial charge in [-0.15, -0.1) is 0 Å². The number of carbonyl (C=O) groups is 1. The van der Waals surface area contributed by atoms with E-state index in [1.54, 1.807) is 0 Å². The summed E-state index contributed by atoms with van der Waals surface area (Å²) in [5.41, 5.74) is -0.0807. The van der Waals surface area contributed by atoms with E-state index in [2.05, 4.69) is 5.32 Å². The summed E-state index contributed by atoms with van der Waals surface area (Å²) in [4.78, 5) is 10.8. The van der Waals surface area contributed by atoms with Gasteiger partial charge in [0.15, 0.2) is 0 Å². The Labute approximate surface area is 104 Å². The molecule has 1 fully saturated rings. The summed E-state index contributed by atoms with van der Waals surface area (Å²) >= 11 is 0. The van der Waals surface area contributed by atoms with Crippen molar-refractivity contribution in [3.63, 3.8) is 0 Å². The number of aliphatic carboxylic acids is 1. The van der Waals surface area contributed by atoms with E-state index in [0.717, 1.165) is 32.2 Å². The number of hydrogen-bond donors (Lipinski definition) is 2. The fourth-order valence-corrected chi connectivity index (χ4v) is 2.16. The van der Waals surface area contributed by atoms with E-state index in [0.29, 0.717) is 12.6 Å². The summed E-state index contributed by atoms with van der Waals surface area (Å²) in [6.45, 7) is 7.70. The van der Waals surface area contributed by atoms with Gasteiger partial charge in [0.05, 0.1) is 18.1 Å². The normalized spacial score (nSPS) is 25.8. The maximum atomic E-state index is 10.8. The Morgan fingerprint density at radius 3 is 2.35 bits per heavy atom. The highest BCUT2D eigenvalue weighted by Gasteiger charge is 2.25. The zero-order chi connectivity index (χ0) is 12.9. The number of ether oxygens (including phenoxy) is 1. The van der Waals surface area contributed by atoms with Crippen LogP contribution < -0.4 is 5.32 Å². The number of carboxylic acid groups (broad SMARTS) is 1. The summed E-state index contributed by atoms with van der Waals surface area (Å²) in [7, 11) is 0. The predicted molar refractivity (Wildman–Crippen MR) is 67.1 cm³/mol. The van der Waals surface area contributed by atoms with E-state index < -0.39 is 5.97 Å². The molecule has 17 heavy (non-hydrogen) atoms. The van der Waals surface area contributed by atoms with Crippen LogP contribution >= 0.6 is 0 Å². The van der Waals surface area contributed by atoms with Gasteiger partial charge in [-0.05, 0) is 46.5 Å². The summed E-state index contributed by atoms with van der Waals surface area (Å²) < 4.78 is 5.62. The lowest BCUT2D eigenvalue weighted by Gasteiger charge is -2.27. The van der Waals surface area contributed by atoms with Crippen molar-refractivity contribution in [3.05, 3.63) is 0 Å². The third-order valence-corrected chi connectivity index (χ3v) is 3.15. The Morgan fingerprint density at radius 1 is 1.29 bits per heavy atom. The molecule has 4 nitrogen and oxygen atoms in total. The van der Waals surface area contributed by atoms with Crippen molar-refractivity contribution in [3.8, 4) is 0 Å². The lowest BCUT2D eigenvalue weighted by molar-refractivity contribution is -0.142. The second kappa shape index (κ2) is 6.36. The highest BCUT2D eigenvalue weighted by molar-refractivity contribution is 5.70. The largest absolute Gasteiger partial charge is 0.481 e. The van der Waals surface area contributed by atoms with Crippen LogP contribution in [0.4, 0.5) is 0 Å². The molecule has 0 saturated heterocycles. The third kappa shape index (κ3) is 6.03. The number of carboxylic acids is 1. The molecule has 0 aromatic carbocycles. The maximum Gasteiger partial charge on any atom is 0.306 e. The molecular formula is C13H25NO3. The maximum absolute atomic E-state index is 10.8. The smallest absolute Gasteiger partial charge is 0.306 e. The van der Waals surface area contributed by atoms with Crippen LogP contribution in [0.5, 0.6) is 0 Å². The predicted octanol–water partition coefficient (Wildman–Crippen LogP) is 2.03. The van der Waals surface area contributed by atoms with Crippen molar-refractivity contribution >= 4 is 5.97 Å². The van der Waals surface area contributed by atoms with Gasteiger partial charge in [-0.1, -0.05) is 0 Å². The van der Waals surface area contributed by atoms with Gasteiger partial charge in [0.2, 0.25) is 0 Å². The van der Waals surface area contributed by atoms with Crippen LogP contribution in [0.3, 0.4) is 0 Å². The highest BCUT2D eigenvalue weighted by atomic mass is 16.5. The van der Waals surface area contributed by atoms with Gasteiger partial charge >= 0.3 is 5.97 Å². The Balaban J connectivity index is 2.09. The topological polar surface area (TPSA) is 58.6 Å². The van der Waals surface area contributed by atoms with Crippen LogP contribution in [0, 0.1) is 5.92 Å². The molecule has 0 bridgehead atoms. The van der Waals surface area contributed by atoms with Crippen LogP contribution in [-0.4, -0.2) is 35.9 Å². The Morgan fingerprint density at radius 2 is 1.88 bits per heavy atom. The van der Waals surface area contributed by atoms with Crippen LogP contribution in [0.25, 0.3) is 0 Å². The first-order valence-corrected chi connectivity index (χ1v) is 6.48. The fraction of sp³-hybridized carbons (Fsp3) is 0.923. The molecule has 0 aromatic rings. The van der Waals surface area contributed by atoms with E-state index in [9.17, 15) is 4.79 Å². The molecule has 1 saturated carbocycles. The minimum absolute atomic E-state index is 0.0807. The minimum atomic E-state index is -0.639. The van der Waals surface area contributed by atoms with E-state index in [1.165, 1.54) is 0 Å². The third-order valence-electron chi connectivity index (χ3n) is 3.15. The molecule has 1 aliphatic carbocycles. The first-order valence-electron chi connectivity index (χ1n) is 6.48. The van der Waals surface area contributed by atoms with Crippen molar-refractivity contribution in [1.29, 1.82) is 0 Å². The molecule has 1 rings (SSSR count). The van der Waals surface area contributed by atoms with Gasteiger partial charge < -0.3 is 15.2 Å². The lowest BCUT2D eigenvalue weighted by atomic mass is 9.86. The van der Waals surface area contributed by atoms with Gasteiger partial charge in [0, 0.05) is 12.6 Å². The van der Waals surface area contributed by atoms with Crippen molar-refractivity contribution in [2.24, 2.45) is 5.92 Å². The van der Waals surface area contributed by atoms with E-state index in [4.69, 9.17) is 9.84 Å². The zero-order valence-electron chi connectivity index (χ0n) is 11.2. The van der Waals surface area contributed by atoms with Gasteiger partial charge in [0.25, 0.3) is 0 Å². The standard InChI is InChI=1S/C13H25NO3/c1-13(2,3)17-9-8-14-11-6-4-10(5-7-11)12(15)16/h10-11,14H,4-9H2,1-3H3,(H,15,16). The van der Waals surface area contributed by atoms with E-state index in [1.807, 2.05) is 20.8 Å². The van der Waals surface area contributed by atoms with Crippen molar-refractivity contribution in [1.82, 2.24) is 5.32 Å². The van der Waals surface area contributed by atoms with Crippen LogP contribution in [0.1, 0.15) is 46.5 Å². The molecule has 0 amide bonds. The Hall–Kier alpha value is -0.610. The highest BCUT2D eigenvalue weighted by Crippen LogP contribution is 2.24. The molecule has 0 unspecified atom stereocenters. The second-order valence-electron chi connectivity index (χ2n) is 5.80. The van der Waals surface area contributed by atoms with Gasteiger partial charge in [-0.2, -0.15) is 0 Å². The Bertz CT molecular complexity index is 240. The SMILES string of the molecule is CC(C)(C)OCCNC1CCC(C(=O)O)CC1. The molecule has 2 N–H and O–H groups in total. The lowest BCUT2D eigenvalue weighted by Crippen LogP contribution is -2.37. The quantitative estimate of drug-likeness (QED) is 0.725. The van der Waals surface area contributed by atoms with Crippen molar-refractivity contribution < 1.29 is 14.6 Å². The van der Waals surface area contributed by atoms with Crippen LogP contribution in [0.15, 0.2) is 0 Å². The summed E-state index contributed by atoms with van der Waals surface area (Å²) in [6.07, 6.45) is 3.53. The van der Waals surface area contributed by atoms with Gasteiger partial charge in [0.1, 0.15) is 0 Å². The first kappa shape index (κ1) is 14.5.